The van der Waals surface area contributed by atoms with E-state index in [1.807, 2.05) is 32.9 Å². The SMILES string of the molecule is CC[C@@H](C(=O)NCC(C)C)N(Cc1ccc(F)cc1)C(=O)Cc1ccc(OC)cc1. The first kappa shape index (κ1) is 23.4. The summed E-state index contributed by atoms with van der Waals surface area (Å²) in [5.41, 5.74) is 1.61. The first-order chi connectivity index (χ1) is 14.3. The number of rotatable bonds is 10. The second-order valence-corrected chi connectivity index (χ2v) is 7.74. The van der Waals surface area contributed by atoms with E-state index in [0.29, 0.717) is 24.6 Å². The minimum absolute atomic E-state index is 0.156. The molecule has 0 heterocycles. The second kappa shape index (κ2) is 11.3. The Bertz CT molecular complexity index is 819. The smallest absolute Gasteiger partial charge is 0.242 e. The van der Waals surface area contributed by atoms with Crippen molar-refractivity contribution in [3.05, 3.63) is 65.5 Å². The van der Waals surface area contributed by atoms with Gasteiger partial charge >= 0.3 is 0 Å². The van der Waals surface area contributed by atoms with E-state index in [0.717, 1.165) is 11.1 Å². The Kier molecular flexibility index (Phi) is 8.84. The summed E-state index contributed by atoms with van der Waals surface area (Å²) in [4.78, 5) is 27.6. The van der Waals surface area contributed by atoms with Gasteiger partial charge in [-0.1, -0.05) is 45.0 Å². The van der Waals surface area contributed by atoms with Gasteiger partial charge in [0.05, 0.1) is 13.5 Å². The highest BCUT2D eigenvalue weighted by Crippen LogP contribution is 2.17. The average Bonchev–Trinajstić information content (AvgIpc) is 2.74. The van der Waals surface area contributed by atoms with Crippen LogP contribution in [-0.2, 0) is 22.6 Å². The lowest BCUT2D eigenvalue weighted by Crippen LogP contribution is -2.50. The molecule has 0 aliphatic rings. The van der Waals surface area contributed by atoms with Crippen LogP contribution in [0.25, 0.3) is 0 Å². The maximum Gasteiger partial charge on any atom is 0.242 e. The highest BCUT2D eigenvalue weighted by Gasteiger charge is 2.28. The van der Waals surface area contributed by atoms with E-state index in [2.05, 4.69) is 5.32 Å². The van der Waals surface area contributed by atoms with Crippen molar-refractivity contribution in [3.63, 3.8) is 0 Å². The minimum atomic E-state index is -0.598. The second-order valence-electron chi connectivity index (χ2n) is 7.74. The molecule has 2 aromatic rings. The van der Waals surface area contributed by atoms with Gasteiger partial charge in [-0.25, -0.2) is 4.39 Å². The molecule has 1 atom stereocenters. The summed E-state index contributed by atoms with van der Waals surface area (Å²) in [6.45, 7) is 6.71. The molecule has 30 heavy (non-hydrogen) atoms. The molecule has 6 heteroatoms. The Balaban J connectivity index is 2.24. The van der Waals surface area contributed by atoms with Crippen LogP contribution in [0.3, 0.4) is 0 Å². The maximum atomic E-state index is 13.3. The fraction of sp³-hybridized carbons (Fsp3) is 0.417. The lowest BCUT2D eigenvalue weighted by molar-refractivity contribution is -0.141. The Morgan fingerprint density at radius 2 is 1.63 bits per heavy atom. The van der Waals surface area contributed by atoms with Crippen molar-refractivity contribution in [2.45, 2.75) is 46.2 Å². The monoisotopic (exact) mass is 414 g/mol. The van der Waals surface area contributed by atoms with Gasteiger partial charge in [0.15, 0.2) is 0 Å². The third-order valence-electron chi connectivity index (χ3n) is 4.85. The van der Waals surface area contributed by atoms with E-state index in [1.54, 1.807) is 36.3 Å². The largest absolute Gasteiger partial charge is 0.497 e. The number of halogens is 1. The predicted octanol–water partition coefficient (Wildman–Crippen LogP) is 3.96. The van der Waals surface area contributed by atoms with Gasteiger partial charge in [-0.15, -0.1) is 0 Å². The van der Waals surface area contributed by atoms with Crippen LogP contribution in [0.2, 0.25) is 0 Å². The molecule has 0 aromatic heterocycles. The number of hydrogen-bond donors (Lipinski definition) is 1. The van der Waals surface area contributed by atoms with Crippen molar-refractivity contribution in [2.75, 3.05) is 13.7 Å². The molecule has 1 N–H and O–H groups in total. The average molecular weight is 415 g/mol. The fourth-order valence-electron chi connectivity index (χ4n) is 3.15. The third-order valence-corrected chi connectivity index (χ3v) is 4.85. The topological polar surface area (TPSA) is 58.6 Å². The summed E-state index contributed by atoms with van der Waals surface area (Å²) in [5, 5.41) is 2.93. The molecule has 2 rings (SSSR count). The van der Waals surface area contributed by atoms with Crippen LogP contribution in [0.1, 0.15) is 38.3 Å². The summed E-state index contributed by atoms with van der Waals surface area (Å²) in [6, 6.07) is 12.7. The van der Waals surface area contributed by atoms with Crippen LogP contribution >= 0.6 is 0 Å². The van der Waals surface area contributed by atoms with Crippen LogP contribution < -0.4 is 10.1 Å². The van der Waals surface area contributed by atoms with E-state index >= 15 is 0 Å². The molecule has 162 valence electrons. The molecule has 5 nitrogen and oxygen atoms in total. The summed E-state index contributed by atoms with van der Waals surface area (Å²) < 4.78 is 18.5. The number of carbonyl (C=O) groups excluding carboxylic acids is 2. The van der Waals surface area contributed by atoms with E-state index in [9.17, 15) is 14.0 Å². The van der Waals surface area contributed by atoms with Crippen molar-refractivity contribution in [1.82, 2.24) is 10.2 Å². The van der Waals surface area contributed by atoms with Gasteiger partial charge in [-0.3, -0.25) is 9.59 Å². The molecule has 0 radical (unpaired) electrons. The Hall–Kier alpha value is -2.89. The summed E-state index contributed by atoms with van der Waals surface area (Å²) in [6.07, 6.45) is 0.651. The standard InChI is InChI=1S/C24H31FN2O3/c1-5-22(24(29)26-15-17(2)3)27(16-19-6-10-20(25)11-7-19)23(28)14-18-8-12-21(30-4)13-9-18/h6-13,17,22H,5,14-16H2,1-4H3,(H,26,29)/t22-/m0/s1. The van der Waals surface area contributed by atoms with E-state index in [-0.39, 0.29) is 30.6 Å². The van der Waals surface area contributed by atoms with Crippen LogP contribution in [0.15, 0.2) is 48.5 Å². The van der Waals surface area contributed by atoms with E-state index < -0.39 is 6.04 Å². The third kappa shape index (κ3) is 6.87. The molecule has 2 amide bonds. The number of methoxy groups -OCH3 is 1. The molecule has 0 spiro atoms. The van der Waals surface area contributed by atoms with Gasteiger partial charge in [0.1, 0.15) is 17.6 Å². The first-order valence-electron chi connectivity index (χ1n) is 10.3. The zero-order valence-corrected chi connectivity index (χ0v) is 18.2. The number of carbonyl (C=O) groups is 2. The van der Waals surface area contributed by atoms with Crippen LogP contribution in [0.5, 0.6) is 5.75 Å². The Morgan fingerprint density at radius 3 is 2.17 bits per heavy atom. The molecule has 0 fully saturated rings. The molecule has 0 aliphatic heterocycles. The van der Waals surface area contributed by atoms with Crippen LogP contribution in [0, 0.1) is 11.7 Å². The molecule has 0 aliphatic carbocycles. The van der Waals surface area contributed by atoms with Crippen LogP contribution in [-0.4, -0.2) is 36.4 Å². The Labute approximate surface area is 178 Å². The van der Waals surface area contributed by atoms with Crippen molar-refractivity contribution in [1.29, 1.82) is 0 Å². The quantitative estimate of drug-likeness (QED) is 0.640. The normalized spacial score (nSPS) is 11.8. The summed E-state index contributed by atoms with van der Waals surface area (Å²) in [5.74, 6) is 0.366. The summed E-state index contributed by atoms with van der Waals surface area (Å²) in [7, 11) is 1.59. The molecule has 0 bridgehead atoms. The molecule has 2 aromatic carbocycles. The molecular formula is C24H31FN2O3. The molecule has 0 saturated carbocycles. The molecule has 0 saturated heterocycles. The van der Waals surface area contributed by atoms with Crippen molar-refractivity contribution in [3.8, 4) is 5.75 Å². The van der Waals surface area contributed by atoms with Crippen molar-refractivity contribution < 1.29 is 18.7 Å². The number of hydrogen-bond acceptors (Lipinski definition) is 3. The molecular weight excluding hydrogens is 383 g/mol. The van der Waals surface area contributed by atoms with Gasteiger partial charge < -0.3 is 15.0 Å². The number of ether oxygens (including phenoxy) is 1. The highest BCUT2D eigenvalue weighted by molar-refractivity contribution is 5.88. The minimum Gasteiger partial charge on any atom is -0.497 e. The van der Waals surface area contributed by atoms with Gasteiger partial charge in [0.2, 0.25) is 11.8 Å². The van der Waals surface area contributed by atoms with Crippen LogP contribution in [0.4, 0.5) is 4.39 Å². The van der Waals surface area contributed by atoms with Gasteiger partial charge in [0, 0.05) is 13.1 Å². The van der Waals surface area contributed by atoms with Gasteiger partial charge in [-0.05, 0) is 47.7 Å². The fourth-order valence-corrected chi connectivity index (χ4v) is 3.15. The maximum absolute atomic E-state index is 13.3. The first-order valence-corrected chi connectivity index (χ1v) is 10.3. The number of amides is 2. The molecule has 0 unspecified atom stereocenters. The summed E-state index contributed by atoms with van der Waals surface area (Å²) >= 11 is 0. The highest BCUT2D eigenvalue weighted by atomic mass is 19.1. The van der Waals surface area contributed by atoms with Gasteiger partial charge in [0.25, 0.3) is 0 Å². The lowest BCUT2D eigenvalue weighted by atomic mass is 10.1. The van der Waals surface area contributed by atoms with Gasteiger partial charge in [-0.2, -0.15) is 0 Å². The van der Waals surface area contributed by atoms with E-state index in [4.69, 9.17) is 4.74 Å². The van der Waals surface area contributed by atoms with Crippen molar-refractivity contribution in [2.24, 2.45) is 5.92 Å². The predicted molar refractivity (Wildman–Crippen MR) is 116 cm³/mol. The van der Waals surface area contributed by atoms with Crippen molar-refractivity contribution >= 4 is 11.8 Å². The lowest BCUT2D eigenvalue weighted by Gasteiger charge is -2.31. The Morgan fingerprint density at radius 1 is 1.03 bits per heavy atom. The zero-order valence-electron chi connectivity index (χ0n) is 18.2. The zero-order chi connectivity index (χ0) is 22.1. The number of nitrogens with zero attached hydrogens (tertiary/aromatic N) is 1. The number of benzene rings is 2. The number of nitrogens with one attached hydrogen (secondary N) is 1. The van der Waals surface area contributed by atoms with E-state index in [1.165, 1.54) is 12.1 Å².